The SMILES string of the molecule is CCC[C@H](C#N)NC(=O)CCCOc1cccc(C(C)=O)c1. The number of ketones is 1. The Morgan fingerprint density at radius 2 is 2.18 bits per heavy atom. The van der Waals surface area contributed by atoms with Gasteiger partial charge in [-0.2, -0.15) is 5.26 Å². The van der Waals surface area contributed by atoms with Gasteiger partial charge in [0.15, 0.2) is 5.78 Å². The highest BCUT2D eigenvalue weighted by Crippen LogP contribution is 2.14. The van der Waals surface area contributed by atoms with Crippen LogP contribution in [0.4, 0.5) is 0 Å². The fourth-order valence-electron chi connectivity index (χ4n) is 1.95. The van der Waals surface area contributed by atoms with Gasteiger partial charge in [-0.15, -0.1) is 0 Å². The van der Waals surface area contributed by atoms with Gasteiger partial charge in [0.2, 0.25) is 5.91 Å². The quantitative estimate of drug-likeness (QED) is 0.562. The number of hydrogen-bond acceptors (Lipinski definition) is 4. The molecular formula is C17H22N2O3. The van der Waals surface area contributed by atoms with E-state index in [9.17, 15) is 9.59 Å². The molecule has 0 spiro atoms. The van der Waals surface area contributed by atoms with Crippen molar-refractivity contribution in [3.8, 4) is 11.8 Å². The van der Waals surface area contributed by atoms with Crippen LogP contribution in [-0.2, 0) is 4.79 Å². The van der Waals surface area contributed by atoms with E-state index in [2.05, 4.69) is 11.4 Å². The van der Waals surface area contributed by atoms with E-state index in [1.807, 2.05) is 6.92 Å². The van der Waals surface area contributed by atoms with Crippen molar-refractivity contribution in [2.75, 3.05) is 6.61 Å². The molecule has 0 saturated heterocycles. The van der Waals surface area contributed by atoms with Gasteiger partial charge in [0.25, 0.3) is 0 Å². The van der Waals surface area contributed by atoms with Crippen LogP contribution in [0.15, 0.2) is 24.3 Å². The zero-order valence-electron chi connectivity index (χ0n) is 13.1. The Bertz CT molecular complexity index is 549. The van der Waals surface area contributed by atoms with E-state index in [0.717, 1.165) is 6.42 Å². The molecule has 1 rings (SSSR count). The molecule has 1 amide bonds. The van der Waals surface area contributed by atoms with Gasteiger partial charge in [-0.1, -0.05) is 25.5 Å². The van der Waals surface area contributed by atoms with Gasteiger partial charge in [0.1, 0.15) is 11.8 Å². The van der Waals surface area contributed by atoms with Gasteiger partial charge in [0.05, 0.1) is 12.7 Å². The first-order valence-corrected chi connectivity index (χ1v) is 7.49. The smallest absolute Gasteiger partial charge is 0.221 e. The van der Waals surface area contributed by atoms with Crippen LogP contribution in [0.3, 0.4) is 0 Å². The maximum Gasteiger partial charge on any atom is 0.221 e. The van der Waals surface area contributed by atoms with E-state index in [0.29, 0.717) is 37.2 Å². The van der Waals surface area contributed by atoms with Gasteiger partial charge in [-0.25, -0.2) is 0 Å². The molecule has 118 valence electrons. The number of carbonyl (C=O) groups is 2. The van der Waals surface area contributed by atoms with E-state index in [1.165, 1.54) is 6.92 Å². The lowest BCUT2D eigenvalue weighted by Gasteiger charge is -2.11. The standard InChI is InChI=1S/C17H22N2O3/c1-3-6-15(12-18)19-17(21)9-5-10-22-16-8-4-7-14(11-16)13(2)20/h4,7-8,11,15H,3,5-6,9-10H2,1-2H3,(H,19,21)/t15-/m1/s1. The first-order valence-electron chi connectivity index (χ1n) is 7.49. The molecule has 22 heavy (non-hydrogen) atoms. The molecule has 1 aromatic rings. The van der Waals surface area contributed by atoms with Crippen molar-refractivity contribution >= 4 is 11.7 Å². The topological polar surface area (TPSA) is 79.2 Å². The Hall–Kier alpha value is -2.35. The Morgan fingerprint density at radius 1 is 1.41 bits per heavy atom. The maximum atomic E-state index is 11.7. The van der Waals surface area contributed by atoms with E-state index in [1.54, 1.807) is 24.3 Å². The molecule has 1 atom stereocenters. The first kappa shape index (κ1) is 17.7. The highest BCUT2D eigenvalue weighted by atomic mass is 16.5. The third-order valence-electron chi connectivity index (χ3n) is 3.13. The van der Waals surface area contributed by atoms with E-state index >= 15 is 0 Å². The molecule has 0 aliphatic heterocycles. The first-order chi connectivity index (χ1) is 10.6. The largest absolute Gasteiger partial charge is 0.494 e. The summed E-state index contributed by atoms with van der Waals surface area (Å²) in [6.07, 6.45) is 2.39. The van der Waals surface area contributed by atoms with Crippen LogP contribution >= 0.6 is 0 Å². The van der Waals surface area contributed by atoms with Crippen LogP contribution in [-0.4, -0.2) is 24.3 Å². The molecule has 0 fully saturated rings. The minimum atomic E-state index is -0.411. The summed E-state index contributed by atoms with van der Waals surface area (Å²) in [4.78, 5) is 22.9. The number of carbonyl (C=O) groups excluding carboxylic acids is 2. The molecule has 1 N–H and O–H groups in total. The molecule has 1 aromatic carbocycles. The lowest BCUT2D eigenvalue weighted by molar-refractivity contribution is -0.121. The summed E-state index contributed by atoms with van der Waals surface area (Å²) in [5, 5.41) is 11.6. The number of nitrogens with one attached hydrogen (secondary N) is 1. The lowest BCUT2D eigenvalue weighted by atomic mass is 10.1. The molecular weight excluding hydrogens is 280 g/mol. The average molecular weight is 302 g/mol. The molecule has 0 heterocycles. The Balaban J connectivity index is 2.30. The normalized spacial score (nSPS) is 11.3. The van der Waals surface area contributed by atoms with Crippen molar-refractivity contribution < 1.29 is 14.3 Å². The minimum Gasteiger partial charge on any atom is -0.494 e. The van der Waals surface area contributed by atoms with Crippen molar-refractivity contribution in [3.05, 3.63) is 29.8 Å². The molecule has 5 nitrogen and oxygen atoms in total. The van der Waals surface area contributed by atoms with Crippen molar-refractivity contribution in [2.45, 2.75) is 45.6 Å². The predicted octanol–water partition coefficient (Wildman–Crippen LogP) is 2.86. The number of rotatable bonds is 9. The number of nitriles is 1. The van der Waals surface area contributed by atoms with Crippen LogP contribution in [0, 0.1) is 11.3 Å². The van der Waals surface area contributed by atoms with Crippen molar-refractivity contribution in [1.29, 1.82) is 5.26 Å². The van der Waals surface area contributed by atoms with Crippen LogP contribution < -0.4 is 10.1 Å². The average Bonchev–Trinajstić information content (AvgIpc) is 2.51. The Kier molecular flexibility index (Phi) is 7.69. The summed E-state index contributed by atoms with van der Waals surface area (Å²) in [5.74, 6) is 0.471. The lowest BCUT2D eigenvalue weighted by Crippen LogP contribution is -2.33. The second kappa shape index (κ2) is 9.56. The summed E-state index contributed by atoms with van der Waals surface area (Å²) in [6, 6.07) is 8.63. The number of nitrogens with zero attached hydrogens (tertiary/aromatic N) is 1. The molecule has 0 bridgehead atoms. The zero-order chi connectivity index (χ0) is 16.4. The third-order valence-corrected chi connectivity index (χ3v) is 3.13. The van der Waals surface area contributed by atoms with Gasteiger partial charge in [-0.05, 0) is 31.9 Å². The molecule has 0 radical (unpaired) electrons. The second-order valence-corrected chi connectivity index (χ2v) is 5.07. The van der Waals surface area contributed by atoms with Crippen LogP contribution in [0.2, 0.25) is 0 Å². The molecule has 0 aromatic heterocycles. The maximum absolute atomic E-state index is 11.7. The summed E-state index contributed by atoms with van der Waals surface area (Å²) < 4.78 is 5.53. The number of ether oxygens (including phenoxy) is 1. The summed E-state index contributed by atoms with van der Waals surface area (Å²) in [6.45, 7) is 3.87. The summed E-state index contributed by atoms with van der Waals surface area (Å²) in [7, 11) is 0. The Morgan fingerprint density at radius 3 is 2.82 bits per heavy atom. The summed E-state index contributed by atoms with van der Waals surface area (Å²) in [5.41, 5.74) is 0.603. The van der Waals surface area contributed by atoms with Crippen LogP contribution in [0.1, 0.15) is 49.9 Å². The van der Waals surface area contributed by atoms with Crippen LogP contribution in [0.5, 0.6) is 5.75 Å². The predicted molar refractivity (Wildman–Crippen MR) is 83.6 cm³/mol. The van der Waals surface area contributed by atoms with Gasteiger partial charge in [-0.3, -0.25) is 9.59 Å². The van der Waals surface area contributed by atoms with E-state index in [4.69, 9.17) is 10.00 Å². The number of benzene rings is 1. The number of amides is 1. The van der Waals surface area contributed by atoms with Gasteiger partial charge >= 0.3 is 0 Å². The monoisotopic (exact) mass is 302 g/mol. The number of Topliss-reactive ketones (excluding diaryl/α,β-unsaturated/α-hetero) is 1. The highest BCUT2D eigenvalue weighted by molar-refractivity contribution is 5.94. The fraction of sp³-hybridized carbons (Fsp3) is 0.471. The molecule has 0 unspecified atom stereocenters. The minimum absolute atomic E-state index is 0.0108. The van der Waals surface area contributed by atoms with Gasteiger partial charge in [0, 0.05) is 12.0 Å². The van der Waals surface area contributed by atoms with Crippen molar-refractivity contribution in [3.63, 3.8) is 0 Å². The fourth-order valence-corrected chi connectivity index (χ4v) is 1.95. The zero-order valence-corrected chi connectivity index (χ0v) is 13.1. The van der Waals surface area contributed by atoms with Gasteiger partial charge < -0.3 is 10.1 Å². The molecule has 0 saturated carbocycles. The summed E-state index contributed by atoms with van der Waals surface area (Å²) >= 11 is 0. The highest BCUT2D eigenvalue weighted by Gasteiger charge is 2.10. The molecule has 0 aliphatic carbocycles. The third kappa shape index (κ3) is 6.40. The van der Waals surface area contributed by atoms with E-state index in [-0.39, 0.29) is 11.7 Å². The molecule has 5 heteroatoms. The molecule has 0 aliphatic rings. The van der Waals surface area contributed by atoms with Crippen molar-refractivity contribution in [2.24, 2.45) is 0 Å². The van der Waals surface area contributed by atoms with Crippen molar-refractivity contribution in [1.82, 2.24) is 5.32 Å². The second-order valence-electron chi connectivity index (χ2n) is 5.07. The number of hydrogen-bond donors (Lipinski definition) is 1. The van der Waals surface area contributed by atoms with E-state index < -0.39 is 6.04 Å². The van der Waals surface area contributed by atoms with Crippen LogP contribution in [0.25, 0.3) is 0 Å². The Labute approximate surface area is 131 Å².